The Morgan fingerprint density at radius 2 is 1.68 bits per heavy atom. The van der Waals surface area contributed by atoms with Crippen molar-refractivity contribution in [3.8, 4) is 0 Å². The molecule has 1 heterocycles. The van der Waals surface area contributed by atoms with Gasteiger partial charge in [-0.25, -0.2) is 4.79 Å². The van der Waals surface area contributed by atoms with Gasteiger partial charge in [0.25, 0.3) is 0 Å². The molecule has 0 radical (unpaired) electrons. The molecule has 0 aromatic carbocycles. The van der Waals surface area contributed by atoms with Crippen LogP contribution in [0.1, 0.15) is 27.7 Å². The first kappa shape index (κ1) is 23.3. The van der Waals surface area contributed by atoms with Crippen molar-refractivity contribution in [3.63, 3.8) is 0 Å². The Bertz CT molecular complexity index is 653. The average molecular weight is 400 g/mol. The summed E-state index contributed by atoms with van der Waals surface area (Å²) >= 11 is 0. The summed E-state index contributed by atoms with van der Waals surface area (Å²) in [6.07, 6.45) is -2.96. The smallest absolute Gasteiger partial charge is 0.331 e. The van der Waals surface area contributed by atoms with Crippen LogP contribution in [0.15, 0.2) is 24.3 Å². The van der Waals surface area contributed by atoms with E-state index in [-0.39, 0.29) is 0 Å². The van der Waals surface area contributed by atoms with E-state index >= 15 is 0 Å². The summed E-state index contributed by atoms with van der Waals surface area (Å²) in [5.74, 6) is -2.68. The number of hydrogen-bond acceptors (Lipinski definition) is 10. The maximum absolute atomic E-state index is 11.4. The van der Waals surface area contributed by atoms with E-state index in [9.17, 15) is 29.4 Å². The monoisotopic (exact) mass is 400 g/mol. The summed E-state index contributed by atoms with van der Waals surface area (Å²) in [5.41, 5.74) is 0. The summed E-state index contributed by atoms with van der Waals surface area (Å²) in [4.78, 5) is 44.9. The molecule has 1 aliphatic heterocycles. The van der Waals surface area contributed by atoms with E-state index in [0.717, 1.165) is 26.0 Å². The van der Waals surface area contributed by atoms with E-state index in [1.807, 2.05) is 0 Å². The summed E-state index contributed by atoms with van der Waals surface area (Å²) < 4.78 is 19.9. The number of rotatable bonds is 8. The van der Waals surface area contributed by atoms with E-state index in [4.69, 9.17) is 18.9 Å². The molecule has 10 heteroatoms. The van der Waals surface area contributed by atoms with Gasteiger partial charge in [0.1, 0.15) is 18.3 Å². The van der Waals surface area contributed by atoms with E-state index in [1.54, 1.807) is 0 Å². The Morgan fingerprint density at radius 1 is 1.07 bits per heavy atom. The molecule has 0 aromatic heterocycles. The molecule has 0 amide bonds. The molecule has 2 N–H and O–H groups in total. The first-order valence-electron chi connectivity index (χ1n) is 8.46. The van der Waals surface area contributed by atoms with Crippen LogP contribution in [0, 0.1) is 0 Å². The molecule has 1 rings (SSSR count). The zero-order chi connectivity index (χ0) is 21.4. The third-order valence-corrected chi connectivity index (χ3v) is 3.60. The Morgan fingerprint density at radius 3 is 2.21 bits per heavy atom. The largest absolute Gasteiger partial charge is 0.459 e. The highest BCUT2D eigenvalue weighted by molar-refractivity contribution is 5.83. The fraction of sp³-hybridized carbons (Fsp3) is 0.556. The van der Waals surface area contributed by atoms with Gasteiger partial charge >= 0.3 is 23.9 Å². The molecular formula is C18H24O10. The van der Waals surface area contributed by atoms with Gasteiger partial charge in [-0.1, -0.05) is 6.08 Å². The third-order valence-electron chi connectivity index (χ3n) is 3.60. The van der Waals surface area contributed by atoms with Crippen molar-refractivity contribution < 1.29 is 48.3 Å². The minimum atomic E-state index is -1.66. The number of aliphatic hydroxyl groups is 2. The van der Waals surface area contributed by atoms with E-state index < -0.39 is 60.5 Å². The Balaban J connectivity index is 2.90. The second-order valence-electron chi connectivity index (χ2n) is 6.09. The van der Waals surface area contributed by atoms with Gasteiger partial charge in [0.05, 0.1) is 0 Å². The molecule has 0 saturated carbocycles. The van der Waals surface area contributed by atoms with Gasteiger partial charge in [-0.05, 0) is 19.1 Å². The van der Waals surface area contributed by atoms with Gasteiger partial charge < -0.3 is 29.2 Å². The van der Waals surface area contributed by atoms with Crippen molar-refractivity contribution in [3.05, 3.63) is 24.3 Å². The van der Waals surface area contributed by atoms with Crippen molar-refractivity contribution in [2.24, 2.45) is 0 Å². The molecule has 1 aliphatic rings. The van der Waals surface area contributed by atoms with Gasteiger partial charge in [0.2, 0.25) is 0 Å². The van der Waals surface area contributed by atoms with Crippen molar-refractivity contribution >= 4 is 23.9 Å². The molecule has 0 spiro atoms. The summed E-state index contributed by atoms with van der Waals surface area (Å²) in [7, 11) is 0. The average Bonchev–Trinajstić information content (AvgIpc) is 2.57. The molecule has 0 aliphatic carbocycles. The molecule has 156 valence electrons. The van der Waals surface area contributed by atoms with Crippen LogP contribution in [0.5, 0.6) is 0 Å². The van der Waals surface area contributed by atoms with Gasteiger partial charge in [-0.2, -0.15) is 0 Å². The zero-order valence-electron chi connectivity index (χ0n) is 15.9. The molecular weight excluding hydrogens is 376 g/mol. The summed E-state index contributed by atoms with van der Waals surface area (Å²) in [6, 6.07) is 0. The number of carbonyl (C=O) groups is 4. The maximum Gasteiger partial charge on any atom is 0.331 e. The van der Waals surface area contributed by atoms with Crippen molar-refractivity contribution in [2.45, 2.75) is 64.3 Å². The first-order chi connectivity index (χ1) is 13.0. The number of esters is 4. The normalized spacial score (nSPS) is 23.3. The van der Waals surface area contributed by atoms with Crippen LogP contribution in [0.25, 0.3) is 0 Å². The molecule has 0 aromatic rings. The molecule has 0 saturated heterocycles. The molecule has 6 atom stereocenters. The van der Waals surface area contributed by atoms with Crippen LogP contribution in [-0.2, 0) is 38.1 Å². The van der Waals surface area contributed by atoms with Crippen molar-refractivity contribution in [1.82, 2.24) is 0 Å². The minimum absolute atomic E-state index is 0.594. The maximum atomic E-state index is 11.4. The zero-order valence-corrected chi connectivity index (χ0v) is 15.9. The van der Waals surface area contributed by atoms with Crippen LogP contribution in [0.2, 0.25) is 0 Å². The predicted octanol–water partition coefficient (Wildman–Crippen LogP) is -0.439. The van der Waals surface area contributed by atoms with Crippen LogP contribution in [-0.4, -0.2) is 70.7 Å². The van der Waals surface area contributed by atoms with E-state index in [2.05, 4.69) is 0 Å². The number of aliphatic hydroxyl groups excluding tert-OH is 2. The minimum Gasteiger partial charge on any atom is -0.459 e. The second-order valence-corrected chi connectivity index (χ2v) is 6.09. The molecule has 10 nitrogen and oxygen atoms in total. The number of cyclic esters (lactones) is 1. The standard InChI is InChI=1S/C18H24O10/c1-9(25-10(2)19)14(26-11(3)20)6-5-13(22)17(24)18-15(27-12(4)21)7-8-16(23)28-18/h5-9,13-15,17-18,22,24H,1-4H3/b6-5+/t9-,13?,14?,15-,17?,18+/m0/s1. The molecule has 0 fully saturated rings. The van der Waals surface area contributed by atoms with Crippen LogP contribution in [0.3, 0.4) is 0 Å². The highest BCUT2D eigenvalue weighted by atomic mass is 16.6. The molecule has 3 unspecified atom stereocenters. The lowest BCUT2D eigenvalue weighted by Gasteiger charge is -2.31. The Labute approximate surface area is 161 Å². The highest BCUT2D eigenvalue weighted by Gasteiger charge is 2.38. The lowest BCUT2D eigenvalue weighted by molar-refractivity contribution is -0.175. The highest BCUT2D eigenvalue weighted by Crippen LogP contribution is 2.19. The quantitative estimate of drug-likeness (QED) is 0.312. The lowest BCUT2D eigenvalue weighted by atomic mass is 9.99. The van der Waals surface area contributed by atoms with Gasteiger partial charge in [-0.3, -0.25) is 14.4 Å². The van der Waals surface area contributed by atoms with Crippen LogP contribution < -0.4 is 0 Å². The van der Waals surface area contributed by atoms with Crippen LogP contribution in [0.4, 0.5) is 0 Å². The molecule has 28 heavy (non-hydrogen) atoms. The fourth-order valence-electron chi connectivity index (χ4n) is 2.43. The number of carbonyl (C=O) groups excluding carboxylic acids is 4. The lowest BCUT2D eigenvalue weighted by Crippen LogP contribution is -2.49. The Hall–Kier alpha value is -2.72. The Kier molecular flexibility index (Phi) is 8.80. The van der Waals surface area contributed by atoms with Crippen molar-refractivity contribution in [1.29, 1.82) is 0 Å². The van der Waals surface area contributed by atoms with Crippen molar-refractivity contribution in [2.75, 3.05) is 0 Å². The van der Waals surface area contributed by atoms with Gasteiger partial charge in [0, 0.05) is 26.8 Å². The number of ether oxygens (including phenoxy) is 4. The van der Waals surface area contributed by atoms with E-state index in [1.165, 1.54) is 26.0 Å². The van der Waals surface area contributed by atoms with Gasteiger partial charge in [-0.15, -0.1) is 0 Å². The predicted molar refractivity (Wildman–Crippen MR) is 92.5 cm³/mol. The topological polar surface area (TPSA) is 146 Å². The molecule has 0 bridgehead atoms. The number of hydrogen-bond donors (Lipinski definition) is 2. The fourth-order valence-corrected chi connectivity index (χ4v) is 2.43. The van der Waals surface area contributed by atoms with Crippen LogP contribution >= 0.6 is 0 Å². The first-order valence-corrected chi connectivity index (χ1v) is 8.46. The third kappa shape index (κ3) is 7.49. The SMILES string of the molecule is CC(=O)OC(/C=C/C(O)C(O)[C@@H]1OC(=O)C=C[C@@H]1OC(C)=O)[C@H](C)OC(C)=O. The van der Waals surface area contributed by atoms with E-state index in [0.29, 0.717) is 0 Å². The summed E-state index contributed by atoms with van der Waals surface area (Å²) in [5, 5.41) is 20.5. The second kappa shape index (κ2) is 10.6. The summed E-state index contributed by atoms with van der Waals surface area (Å²) in [6.45, 7) is 4.96. The van der Waals surface area contributed by atoms with Gasteiger partial charge in [0.15, 0.2) is 18.3 Å².